The molecule has 1 aromatic heterocycles. The minimum Gasteiger partial charge on any atom is -0.250 e. The van der Waals surface area contributed by atoms with Gasteiger partial charge in [-0.1, -0.05) is 0 Å². The van der Waals surface area contributed by atoms with Crippen molar-refractivity contribution < 1.29 is 53.6 Å². The zero-order valence-electron chi connectivity index (χ0n) is 9.60. The van der Waals surface area contributed by atoms with Crippen LogP contribution in [0, 0.1) is 0 Å². The monoisotopic (exact) mass is 333 g/mol. The third kappa shape index (κ3) is 5.08. The molecular weight excluding hydrogens is 327 g/mol. The molecule has 0 aliphatic rings. The molecule has 0 spiro atoms. The van der Waals surface area contributed by atoms with Gasteiger partial charge in [0.25, 0.3) is 0 Å². The van der Waals surface area contributed by atoms with Crippen LogP contribution in [0.4, 0.5) is 39.5 Å². The summed E-state index contributed by atoms with van der Waals surface area (Å²) in [5.41, 5.74) is 0. The Morgan fingerprint density at radius 1 is 0.857 bits per heavy atom. The van der Waals surface area contributed by atoms with Gasteiger partial charge in [-0.25, -0.2) is 14.0 Å². The molecule has 0 fully saturated rings. The summed E-state index contributed by atoms with van der Waals surface area (Å²) in [6, 6.07) is 0. The summed E-state index contributed by atoms with van der Waals surface area (Å²) in [6.07, 6.45) is -20.8. The van der Waals surface area contributed by atoms with Gasteiger partial charge in [-0.15, -0.1) is 13.2 Å². The quantitative estimate of drug-likeness (QED) is 0.642. The highest BCUT2D eigenvalue weighted by Gasteiger charge is 2.68. The van der Waals surface area contributed by atoms with Gasteiger partial charge in [-0.3, -0.25) is 4.98 Å². The second-order valence-corrected chi connectivity index (χ2v) is 3.60. The van der Waals surface area contributed by atoms with Crippen molar-refractivity contribution >= 4 is 0 Å². The largest absolute Gasteiger partial charge is 0.527 e. The number of ether oxygens (including phenoxy) is 2. The Balaban J connectivity index is 2.82. The summed E-state index contributed by atoms with van der Waals surface area (Å²) in [6.45, 7) is -1.64. The predicted molar refractivity (Wildman–Crippen MR) is 44.1 cm³/mol. The van der Waals surface area contributed by atoms with Crippen molar-refractivity contribution in [3.8, 4) is 0 Å². The minimum absolute atomic E-state index is 0.541. The molecular formula is C8H6F9N2O2+. The maximum Gasteiger partial charge on any atom is 0.527 e. The number of nitrogens with one attached hydrogen (secondary N) is 1. The summed E-state index contributed by atoms with van der Waals surface area (Å²) in [7, 11) is 0. The first-order valence-corrected chi connectivity index (χ1v) is 4.86. The van der Waals surface area contributed by atoms with Gasteiger partial charge in [0, 0.05) is 0 Å². The number of imidazole rings is 1. The van der Waals surface area contributed by atoms with Gasteiger partial charge in [0.05, 0.1) is 0 Å². The molecule has 13 heteroatoms. The minimum atomic E-state index is -6.34. The predicted octanol–water partition coefficient (Wildman–Crippen LogP) is 2.63. The van der Waals surface area contributed by atoms with E-state index in [1.54, 1.807) is 0 Å². The van der Waals surface area contributed by atoms with Gasteiger partial charge in [0.2, 0.25) is 6.33 Å². The summed E-state index contributed by atoms with van der Waals surface area (Å²) < 4.78 is 116. The van der Waals surface area contributed by atoms with E-state index in [2.05, 4.69) is 9.72 Å². The van der Waals surface area contributed by atoms with E-state index in [4.69, 9.17) is 0 Å². The Kier molecular flexibility index (Phi) is 4.48. The number of aromatic amines is 1. The van der Waals surface area contributed by atoms with Crippen LogP contribution in [0.2, 0.25) is 0 Å². The molecule has 0 aliphatic heterocycles. The van der Waals surface area contributed by atoms with Crippen molar-refractivity contribution in [2.24, 2.45) is 0 Å². The van der Waals surface area contributed by atoms with Crippen molar-refractivity contribution in [1.82, 2.24) is 4.98 Å². The fourth-order valence-electron chi connectivity index (χ4n) is 1.12. The number of nitrogens with zero attached hydrogens (tertiary/aromatic N) is 1. The van der Waals surface area contributed by atoms with Crippen molar-refractivity contribution in [2.75, 3.05) is 0 Å². The molecule has 1 N–H and O–H groups in total. The van der Waals surface area contributed by atoms with Crippen LogP contribution in [0.15, 0.2) is 18.7 Å². The fourth-order valence-corrected chi connectivity index (χ4v) is 1.12. The molecule has 122 valence electrons. The first-order chi connectivity index (χ1) is 9.24. The van der Waals surface area contributed by atoms with Crippen molar-refractivity contribution in [3.05, 3.63) is 18.7 Å². The standard InChI is InChI=1S/C8H5F9N2O2/c9-5(10,3-19-2-1-18-4-19)20-6(11,12)7(13,14)21-8(15,16)17/h1-2,4H,3H2/p+1. The number of alkyl halides is 9. The van der Waals surface area contributed by atoms with Gasteiger partial charge in [0.1, 0.15) is 12.4 Å². The molecule has 0 saturated heterocycles. The summed E-state index contributed by atoms with van der Waals surface area (Å²) in [4.78, 5) is 2.24. The maximum atomic E-state index is 13.0. The number of rotatable bonds is 6. The Hall–Kier alpha value is -1.50. The van der Waals surface area contributed by atoms with Gasteiger partial charge >= 0.3 is 24.7 Å². The highest BCUT2D eigenvalue weighted by atomic mass is 19.4. The number of halogens is 9. The summed E-state index contributed by atoms with van der Waals surface area (Å²) in [5.74, 6) is 0. The van der Waals surface area contributed by atoms with E-state index < -0.39 is 31.2 Å². The van der Waals surface area contributed by atoms with Crippen molar-refractivity contribution in [2.45, 2.75) is 31.2 Å². The topological polar surface area (TPSA) is 38.1 Å². The molecule has 0 unspecified atom stereocenters. The Bertz CT molecular complexity index is 457. The molecule has 0 saturated carbocycles. The molecule has 0 bridgehead atoms. The van der Waals surface area contributed by atoms with E-state index in [9.17, 15) is 39.5 Å². The lowest BCUT2D eigenvalue weighted by Gasteiger charge is -2.28. The molecule has 0 radical (unpaired) electrons. The van der Waals surface area contributed by atoms with E-state index in [1.165, 1.54) is 0 Å². The average Bonchev–Trinajstić information content (AvgIpc) is 2.62. The second-order valence-electron chi connectivity index (χ2n) is 3.60. The van der Waals surface area contributed by atoms with Crippen LogP contribution in [-0.2, 0) is 16.0 Å². The number of H-pyrrole nitrogens is 1. The van der Waals surface area contributed by atoms with Crippen LogP contribution in [-0.4, -0.2) is 29.7 Å². The third-order valence-corrected chi connectivity index (χ3v) is 1.83. The molecule has 0 aromatic carbocycles. The van der Waals surface area contributed by atoms with Gasteiger partial charge in [-0.2, -0.15) is 26.3 Å². The van der Waals surface area contributed by atoms with E-state index in [1.807, 2.05) is 4.74 Å². The molecule has 1 aromatic rings. The van der Waals surface area contributed by atoms with E-state index in [0.29, 0.717) is 4.57 Å². The van der Waals surface area contributed by atoms with E-state index in [-0.39, 0.29) is 0 Å². The van der Waals surface area contributed by atoms with Crippen molar-refractivity contribution in [3.63, 3.8) is 0 Å². The molecule has 0 aliphatic carbocycles. The van der Waals surface area contributed by atoms with Crippen LogP contribution < -0.4 is 4.57 Å². The third-order valence-electron chi connectivity index (χ3n) is 1.83. The van der Waals surface area contributed by atoms with E-state index in [0.717, 1.165) is 18.7 Å². The maximum absolute atomic E-state index is 13.0. The van der Waals surface area contributed by atoms with Gasteiger partial charge < -0.3 is 0 Å². The van der Waals surface area contributed by atoms with Crippen LogP contribution in [0.1, 0.15) is 0 Å². The first kappa shape index (κ1) is 17.6. The first-order valence-electron chi connectivity index (χ1n) is 4.86. The normalized spacial score (nSPS) is 14.5. The van der Waals surface area contributed by atoms with Crippen LogP contribution in [0.3, 0.4) is 0 Å². The lowest BCUT2D eigenvalue weighted by atomic mass is 10.5. The average molecular weight is 333 g/mol. The van der Waals surface area contributed by atoms with E-state index >= 15 is 0 Å². The summed E-state index contributed by atoms with van der Waals surface area (Å²) in [5, 5.41) is 0. The van der Waals surface area contributed by atoms with Crippen LogP contribution in [0.25, 0.3) is 0 Å². The zero-order chi connectivity index (χ0) is 16.5. The molecule has 0 atom stereocenters. The van der Waals surface area contributed by atoms with Crippen LogP contribution in [0.5, 0.6) is 0 Å². The molecule has 21 heavy (non-hydrogen) atoms. The van der Waals surface area contributed by atoms with Crippen molar-refractivity contribution in [1.29, 1.82) is 0 Å². The Morgan fingerprint density at radius 2 is 1.38 bits per heavy atom. The number of hydrogen-bond acceptors (Lipinski definition) is 2. The zero-order valence-corrected chi connectivity index (χ0v) is 9.60. The fraction of sp³-hybridized carbons (Fsp3) is 0.625. The second kappa shape index (κ2) is 5.36. The molecule has 1 heterocycles. The smallest absolute Gasteiger partial charge is 0.250 e. The number of aromatic nitrogens is 2. The van der Waals surface area contributed by atoms with Crippen LogP contribution >= 0.6 is 0 Å². The van der Waals surface area contributed by atoms with Gasteiger partial charge in [-0.05, 0) is 0 Å². The SMILES string of the molecule is FC(F)(F)OC(F)(F)C(F)(F)OC(F)(F)C[n+]1cc[nH]c1. The Labute approximate surface area is 110 Å². The molecule has 0 amide bonds. The molecule has 1 rings (SSSR count). The Morgan fingerprint density at radius 3 is 1.81 bits per heavy atom. The number of hydrogen-bond donors (Lipinski definition) is 1. The van der Waals surface area contributed by atoms with Gasteiger partial charge in [0.15, 0.2) is 6.54 Å². The lowest BCUT2D eigenvalue weighted by molar-refractivity contribution is -0.728. The highest BCUT2D eigenvalue weighted by Crippen LogP contribution is 2.43. The summed E-state index contributed by atoms with van der Waals surface area (Å²) >= 11 is 0. The lowest BCUT2D eigenvalue weighted by Crippen LogP contribution is -2.54. The highest BCUT2D eigenvalue weighted by molar-refractivity contribution is 4.69. The molecule has 4 nitrogen and oxygen atoms in total.